The molecular weight excluding hydrogens is 389 g/mol. The third kappa shape index (κ3) is 3.28. The minimum absolute atomic E-state index is 0.109. The summed E-state index contributed by atoms with van der Waals surface area (Å²) in [6.45, 7) is 2.42. The van der Waals surface area contributed by atoms with E-state index in [1.165, 1.54) is 0 Å². The van der Waals surface area contributed by atoms with Crippen LogP contribution in [0.4, 0.5) is 0 Å². The van der Waals surface area contributed by atoms with Crippen LogP contribution in [-0.2, 0) is 4.74 Å². The zero-order valence-electron chi connectivity index (χ0n) is 11.1. The van der Waals surface area contributed by atoms with Gasteiger partial charge in [-0.15, -0.1) is 0 Å². The largest absolute Gasteiger partial charge is 0.381 e. The molecule has 0 N–H and O–H groups in total. The Morgan fingerprint density at radius 2 is 2.20 bits per heavy atom. The summed E-state index contributed by atoms with van der Waals surface area (Å²) < 4.78 is 6.39. The van der Waals surface area contributed by atoms with Crippen molar-refractivity contribution in [1.29, 1.82) is 0 Å². The highest BCUT2D eigenvalue weighted by atomic mass is 127. The molecule has 5 heteroatoms. The minimum atomic E-state index is 0.109. The molecule has 1 atom stereocenters. The van der Waals surface area contributed by atoms with E-state index in [1.54, 1.807) is 6.07 Å². The highest BCUT2D eigenvalue weighted by Crippen LogP contribution is 2.31. The lowest BCUT2D eigenvalue weighted by atomic mass is 10.1. The lowest BCUT2D eigenvalue weighted by Crippen LogP contribution is -2.37. The van der Waals surface area contributed by atoms with Gasteiger partial charge in [-0.2, -0.15) is 0 Å². The quantitative estimate of drug-likeness (QED) is 0.717. The summed E-state index contributed by atoms with van der Waals surface area (Å²) >= 11 is 8.30. The molecule has 0 bridgehead atoms. The number of rotatable bonds is 4. The molecule has 1 saturated heterocycles. The summed E-state index contributed by atoms with van der Waals surface area (Å²) in [6, 6.07) is 5.98. The normalized spacial score (nSPS) is 22.0. The van der Waals surface area contributed by atoms with Crippen LogP contribution in [0.3, 0.4) is 0 Å². The Morgan fingerprint density at radius 1 is 1.40 bits per heavy atom. The van der Waals surface area contributed by atoms with Crippen LogP contribution in [0, 0.1) is 9.49 Å². The van der Waals surface area contributed by atoms with E-state index in [2.05, 4.69) is 22.6 Å². The third-order valence-electron chi connectivity index (χ3n) is 3.89. The molecule has 3 nitrogen and oxygen atoms in total. The first-order chi connectivity index (χ1) is 9.65. The predicted molar refractivity (Wildman–Crippen MR) is 87.2 cm³/mol. The number of halogens is 2. The maximum absolute atomic E-state index is 12.7. The molecule has 1 aliphatic heterocycles. The van der Waals surface area contributed by atoms with Crippen molar-refractivity contribution < 1.29 is 9.53 Å². The first-order valence-corrected chi connectivity index (χ1v) is 8.44. The molecule has 1 aliphatic carbocycles. The summed E-state index contributed by atoms with van der Waals surface area (Å²) in [5, 5.41) is 0.649. The van der Waals surface area contributed by atoms with Crippen LogP contribution >= 0.6 is 34.2 Å². The Labute approximate surface area is 137 Å². The van der Waals surface area contributed by atoms with Gasteiger partial charge in [0.05, 0.1) is 11.6 Å². The van der Waals surface area contributed by atoms with Gasteiger partial charge in [0.1, 0.15) is 0 Å². The Bertz CT molecular complexity index is 513. The van der Waals surface area contributed by atoms with Gasteiger partial charge in [0.15, 0.2) is 0 Å². The fraction of sp³-hybridized carbons (Fsp3) is 0.533. The number of benzene rings is 1. The van der Waals surface area contributed by atoms with E-state index in [-0.39, 0.29) is 5.91 Å². The summed E-state index contributed by atoms with van der Waals surface area (Å²) in [6.07, 6.45) is 3.30. The first-order valence-electron chi connectivity index (χ1n) is 6.99. The minimum Gasteiger partial charge on any atom is -0.381 e. The van der Waals surface area contributed by atoms with Crippen molar-refractivity contribution >= 4 is 40.1 Å². The van der Waals surface area contributed by atoms with Crippen molar-refractivity contribution in [2.24, 2.45) is 5.92 Å². The number of ether oxygens (including phenoxy) is 1. The number of carbonyl (C=O) groups is 1. The van der Waals surface area contributed by atoms with Crippen molar-refractivity contribution in [2.45, 2.75) is 25.3 Å². The monoisotopic (exact) mass is 405 g/mol. The van der Waals surface area contributed by atoms with Crippen molar-refractivity contribution in [3.05, 3.63) is 32.4 Å². The van der Waals surface area contributed by atoms with Crippen molar-refractivity contribution in [3.63, 3.8) is 0 Å². The van der Waals surface area contributed by atoms with Crippen LogP contribution in [0.15, 0.2) is 18.2 Å². The zero-order chi connectivity index (χ0) is 14.1. The van der Waals surface area contributed by atoms with Gasteiger partial charge in [-0.05, 0) is 60.1 Å². The molecule has 1 aromatic rings. The summed E-state index contributed by atoms with van der Waals surface area (Å²) in [7, 11) is 0. The topological polar surface area (TPSA) is 29.5 Å². The SMILES string of the molecule is O=C(c1ccc(I)c(Cl)c1)N(CC1CCOC1)C1CC1. The lowest BCUT2D eigenvalue weighted by molar-refractivity contribution is 0.0706. The number of carbonyl (C=O) groups excluding carboxylic acids is 1. The molecule has 0 spiro atoms. The van der Waals surface area contributed by atoms with Gasteiger partial charge in [0.25, 0.3) is 5.91 Å². The van der Waals surface area contributed by atoms with E-state index < -0.39 is 0 Å². The van der Waals surface area contributed by atoms with E-state index in [9.17, 15) is 4.79 Å². The van der Waals surface area contributed by atoms with Gasteiger partial charge >= 0.3 is 0 Å². The molecule has 1 aromatic carbocycles. The van der Waals surface area contributed by atoms with Crippen molar-refractivity contribution in [2.75, 3.05) is 19.8 Å². The van der Waals surface area contributed by atoms with E-state index in [1.807, 2.05) is 17.0 Å². The molecule has 2 fully saturated rings. The number of amides is 1. The standard InChI is InChI=1S/C15H17ClINO2/c16-13-7-11(1-4-14(13)17)15(19)18(12-2-3-12)8-10-5-6-20-9-10/h1,4,7,10,12H,2-3,5-6,8-9H2. The third-order valence-corrected chi connectivity index (χ3v) is 5.47. The molecule has 0 radical (unpaired) electrons. The summed E-state index contributed by atoms with van der Waals surface area (Å²) in [4.78, 5) is 14.7. The Kier molecular flexibility index (Phi) is 4.52. The average Bonchev–Trinajstić information content (AvgIpc) is 3.15. The highest BCUT2D eigenvalue weighted by molar-refractivity contribution is 14.1. The molecular formula is C15H17ClINO2. The first kappa shape index (κ1) is 14.6. The van der Waals surface area contributed by atoms with Crippen LogP contribution in [0.25, 0.3) is 0 Å². The Hall–Kier alpha value is -0.330. The van der Waals surface area contributed by atoms with E-state index in [0.29, 0.717) is 22.5 Å². The number of hydrogen-bond donors (Lipinski definition) is 0. The predicted octanol–water partition coefficient (Wildman–Crippen LogP) is 3.59. The average molecular weight is 406 g/mol. The van der Waals surface area contributed by atoms with Gasteiger partial charge in [0, 0.05) is 34.2 Å². The second-order valence-electron chi connectivity index (χ2n) is 5.55. The van der Waals surface area contributed by atoms with Crippen LogP contribution in [0.5, 0.6) is 0 Å². The van der Waals surface area contributed by atoms with Gasteiger partial charge in [-0.25, -0.2) is 0 Å². The smallest absolute Gasteiger partial charge is 0.254 e. The Morgan fingerprint density at radius 3 is 2.80 bits per heavy atom. The van der Waals surface area contributed by atoms with Gasteiger partial charge < -0.3 is 9.64 Å². The van der Waals surface area contributed by atoms with Gasteiger partial charge in [-0.1, -0.05) is 11.6 Å². The molecule has 1 amide bonds. The fourth-order valence-electron chi connectivity index (χ4n) is 2.58. The van der Waals surface area contributed by atoms with Crippen LogP contribution in [0.1, 0.15) is 29.6 Å². The van der Waals surface area contributed by atoms with Crippen molar-refractivity contribution in [3.8, 4) is 0 Å². The van der Waals surface area contributed by atoms with Crippen LogP contribution in [-0.4, -0.2) is 36.6 Å². The van der Waals surface area contributed by atoms with Crippen molar-refractivity contribution in [1.82, 2.24) is 4.90 Å². The fourth-order valence-corrected chi connectivity index (χ4v) is 3.10. The molecule has 2 aliphatic rings. The van der Waals surface area contributed by atoms with Gasteiger partial charge in [0.2, 0.25) is 0 Å². The summed E-state index contributed by atoms with van der Waals surface area (Å²) in [5.41, 5.74) is 0.696. The highest BCUT2D eigenvalue weighted by Gasteiger charge is 2.35. The molecule has 0 aromatic heterocycles. The maximum Gasteiger partial charge on any atom is 0.254 e. The summed E-state index contributed by atoms with van der Waals surface area (Å²) in [5.74, 6) is 0.594. The zero-order valence-corrected chi connectivity index (χ0v) is 14.1. The molecule has 108 valence electrons. The molecule has 1 unspecified atom stereocenters. The lowest BCUT2D eigenvalue weighted by Gasteiger charge is -2.25. The maximum atomic E-state index is 12.7. The molecule has 1 heterocycles. The van der Waals surface area contributed by atoms with E-state index in [0.717, 1.165) is 42.6 Å². The Balaban J connectivity index is 1.75. The van der Waals surface area contributed by atoms with Crippen LogP contribution < -0.4 is 0 Å². The molecule has 20 heavy (non-hydrogen) atoms. The number of nitrogens with zero attached hydrogens (tertiary/aromatic N) is 1. The van der Waals surface area contributed by atoms with E-state index >= 15 is 0 Å². The number of hydrogen-bond acceptors (Lipinski definition) is 2. The van der Waals surface area contributed by atoms with Crippen LogP contribution in [0.2, 0.25) is 5.02 Å². The second-order valence-corrected chi connectivity index (χ2v) is 7.12. The van der Waals surface area contributed by atoms with E-state index in [4.69, 9.17) is 16.3 Å². The molecule has 1 saturated carbocycles. The van der Waals surface area contributed by atoms with Gasteiger partial charge in [-0.3, -0.25) is 4.79 Å². The second kappa shape index (κ2) is 6.20. The molecule has 3 rings (SSSR count).